The molecule has 1 aromatic rings. The van der Waals surface area contributed by atoms with E-state index in [1.807, 2.05) is 6.92 Å². The van der Waals surface area contributed by atoms with Gasteiger partial charge in [-0.05, 0) is 39.3 Å². The van der Waals surface area contributed by atoms with Crippen LogP contribution < -0.4 is 5.32 Å². The smallest absolute Gasteiger partial charge is 0.232 e. The molecule has 4 heteroatoms. The fraction of sp³-hybridized carbons (Fsp3) is 0.818. The van der Waals surface area contributed by atoms with E-state index in [0.717, 1.165) is 44.1 Å². The van der Waals surface area contributed by atoms with E-state index in [-0.39, 0.29) is 5.41 Å². The van der Waals surface area contributed by atoms with Gasteiger partial charge in [0.2, 0.25) is 5.89 Å². The molecule has 1 fully saturated rings. The SMILES string of the molecule is CCCC1(c2nc(C)no2)CCNCC1. The van der Waals surface area contributed by atoms with Crippen molar-refractivity contribution in [3.8, 4) is 0 Å². The van der Waals surface area contributed by atoms with Crippen molar-refractivity contribution in [1.82, 2.24) is 15.5 Å². The molecule has 15 heavy (non-hydrogen) atoms. The Bertz CT molecular complexity index is 310. The number of aryl methyl sites for hydroxylation is 1. The molecule has 0 amide bonds. The van der Waals surface area contributed by atoms with E-state index >= 15 is 0 Å². The molecule has 0 aromatic carbocycles. The first kappa shape index (κ1) is 10.6. The molecule has 1 aliphatic rings. The summed E-state index contributed by atoms with van der Waals surface area (Å²) in [6.45, 7) is 6.21. The first-order valence-corrected chi connectivity index (χ1v) is 5.78. The Kier molecular flexibility index (Phi) is 3.05. The summed E-state index contributed by atoms with van der Waals surface area (Å²) in [7, 11) is 0. The topological polar surface area (TPSA) is 51.0 Å². The van der Waals surface area contributed by atoms with Crippen LogP contribution >= 0.6 is 0 Å². The zero-order valence-electron chi connectivity index (χ0n) is 9.55. The molecule has 0 spiro atoms. The predicted octanol–water partition coefficient (Wildman–Crippen LogP) is 1.80. The Morgan fingerprint density at radius 3 is 2.67 bits per heavy atom. The average Bonchev–Trinajstić information content (AvgIpc) is 2.67. The quantitative estimate of drug-likeness (QED) is 0.824. The number of hydrogen-bond acceptors (Lipinski definition) is 4. The molecule has 0 aliphatic carbocycles. The lowest BCUT2D eigenvalue weighted by atomic mass is 9.75. The second-order valence-electron chi connectivity index (χ2n) is 4.43. The van der Waals surface area contributed by atoms with E-state index in [1.54, 1.807) is 0 Å². The monoisotopic (exact) mass is 209 g/mol. The minimum absolute atomic E-state index is 0.140. The zero-order valence-corrected chi connectivity index (χ0v) is 9.55. The highest BCUT2D eigenvalue weighted by molar-refractivity contribution is 5.07. The molecule has 84 valence electrons. The van der Waals surface area contributed by atoms with E-state index in [2.05, 4.69) is 22.4 Å². The molecule has 1 saturated heterocycles. The molecule has 2 rings (SSSR count). The molecule has 0 saturated carbocycles. The summed E-state index contributed by atoms with van der Waals surface area (Å²) in [5, 5.41) is 7.30. The van der Waals surface area contributed by atoms with E-state index < -0.39 is 0 Å². The van der Waals surface area contributed by atoms with Crippen LogP contribution in [0.3, 0.4) is 0 Å². The number of hydrogen-bond donors (Lipinski definition) is 1. The van der Waals surface area contributed by atoms with Crippen LogP contribution in [0, 0.1) is 6.92 Å². The van der Waals surface area contributed by atoms with Gasteiger partial charge in [0.25, 0.3) is 0 Å². The molecule has 0 radical (unpaired) electrons. The Morgan fingerprint density at radius 2 is 2.13 bits per heavy atom. The summed E-state index contributed by atoms with van der Waals surface area (Å²) >= 11 is 0. The van der Waals surface area contributed by atoms with Crippen LogP contribution in [-0.2, 0) is 5.41 Å². The van der Waals surface area contributed by atoms with Gasteiger partial charge in [0.1, 0.15) is 0 Å². The molecule has 4 nitrogen and oxygen atoms in total. The summed E-state index contributed by atoms with van der Waals surface area (Å²) in [4.78, 5) is 4.42. The summed E-state index contributed by atoms with van der Waals surface area (Å²) in [6.07, 6.45) is 4.54. The van der Waals surface area contributed by atoms with Crippen LogP contribution in [0.25, 0.3) is 0 Å². The third kappa shape index (κ3) is 2.04. The molecule has 0 atom stereocenters. The van der Waals surface area contributed by atoms with Gasteiger partial charge in [-0.2, -0.15) is 4.98 Å². The molecule has 1 aliphatic heterocycles. The molecule has 1 aromatic heterocycles. The summed E-state index contributed by atoms with van der Waals surface area (Å²) < 4.78 is 5.37. The van der Waals surface area contributed by atoms with Gasteiger partial charge in [-0.1, -0.05) is 18.5 Å². The molecule has 0 unspecified atom stereocenters. The summed E-state index contributed by atoms with van der Waals surface area (Å²) in [5.41, 5.74) is 0.140. The van der Waals surface area contributed by atoms with Crippen molar-refractivity contribution in [3.05, 3.63) is 11.7 Å². The van der Waals surface area contributed by atoms with Gasteiger partial charge < -0.3 is 9.84 Å². The Balaban J connectivity index is 2.24. The van der Waals surface area contributed by atoms with Crippen LogP contribution in [0.4, 0.5) is 0 Å². The zero-order chi connectivity index (χ0) is 10.7. The van der Waals surface area contributed by atoms with Crippen LogP contribution in [0.2, 0.25) is 0 Å². The lowest BCUT2D eigenvalue weighted by molar-refractivity contribution is 0.208. The van der Waals surface area contributed by atoms with Crippen LogP contribution in [0.5, 0.6) is 0 Å². The Hall–Kier alpha value is -0.900. The fourth-order valence-electron chi connectivity index (χ4n) is 2.47. The largest absolute Gasteiger partial charge is 0.339 e. The fourth-order valence-corrected chi connectivity index (χ4v) is 2.47. The van der Waals surface area contributed by atoms with Gasteiger partial charge in [-0.15, -0.1) is 0 Å². The number of nitrogens with zero attached hydrogens (tertiary/aromatic N) is 2. The summed E-state index contributed by atoms with van der Waals surface area (Å²) in [5.74, 6) is 1.60. The van der Waals surface area contributed by atoms with Gasteiger partial charge >= 0.3 is 0 Å². The van der Waals surface area contributed by atoms with Gasteiger partial charge in [0, 0.05) is 0 Å². The maximum atomic E-state index is 5.37. The molecule has 1 N–H and O–H groups in total. The van der Waals surface area contributed by atoms with Crippen LogP contribution in [0.15, 0.2) is 4.52 Å². The van der Waals surface area contributed by atoms with Crippen LogP contribution in [-0.4, -0.2) is 23.2 Å². The van der Waals surface area contributed by atoms with Gasteiger partial charge in [0.05, 0.1) is 5.41 Å². The van der Waals surface area contributed by atoms with Crippen molar-refractivity contribution in [1.29, 1.82) is 0 Å². The molecular weight excluding hydrogens is 190 g/mol. The molecule has 0 bridgehead atoms. The number of piperidine rings is 1. The van der Waals surface area contributed by atoms with Crippen molar-refractivity contribution in [2.45, 2.75) is 44.9 Å². The first-order valence-electron chi connectivity index (χ1n) is 5.78. The van der Waals surface area contributed by atoms with Gasteiger partial charge in [0.15, 0.2) is 5.82 Å². The predicted molar refractivity (Wildman–Crippen MR) is 57.7 cm³/mol. The number of nitrogens with one attached hydrogen (secondary N) is 1. The second kappa shape index (κ2) is 4.31. The van der Waals surface area contributed by atoms with Crippen molar-refractivity contribution in [2.24, 2.45) is 0 Å². The highest BCUT2D eigenvalue weighted by atomic mass is 16.5. The Labute approximate surface area is 90.4 Å². The average molecular weight is 209 g/mol. The van der Waals surface area contributed by atoms with Crippen molar-refractivity contribution >= 4 is 0 Å². The molecule has 2 heterocycles. The maximum absolute atomic E-state index is 5.37. The van der Waals surface area contributed by atoms with Crippen molar-refractivity contribution in [2.75, 3.05) is 13.1 Å². The van der Waals surface area contributed by atoms with E-state index in [0.29, 0.717) is 0 Å². The third-order valence-electron chi connectivity index (χ3n) is 3.27. The minimum Gasteiger partial charge on any atom is -0.339 e. The third-order valence-corrected chi connectivity index (χ3v) is 3.27. The standard InChI is InChI=1S/C11H19N3O/c1-3-4-11(5-7-12-8-6-11)10-13-9(2)14-15-10/h12H,3-8H2,1-2H3. The summed E-state index contributed by atoms with van der Waals surface area (Å²) in [6, 6.07) is 0. The second-order valence-corrected chi connectivity index (χ2v) is 4.43. The van der Waals surface area contributed by atoms with Crippen molar-refractivity contribution < 1.29 is 4.52 Å². The first-order chi connectivity index (χ1) is 7.27. The van der Waals surface area contributed by atoms with E-state index in [9.17, 15) is 0 Å². The Morgan fingerprint density at radius 1 is 1.40 bits per heavy atom. The molecular formula is C11H19N3O. The normalized spacial score (nSPS) is 20.4. The minimum atomic E-state index is 0.140. The van der Waals surface area contributed by atoms with E-state index in [4.69, 9.17) is 4.52 Å². The van der Waals surface area contributed by atoms with Crippen molar-refractivity contribution in [3.63, 3.8) is 0 Å². The lowest BCUT2D eigenvalue weighted by Crippen LogP contribution is -2.40. The van der Waals surface area contributed by atoms with Gasteiger partial charge in [-0.25, -0.2) is 0 Å². The maximum Gasteiger partial charge on any atom is 0.232 e. The van der Waals surface area contributed by atoms with Crippen LogP contribution in [0.1, 0.15) is 44.3 Å². The number of rotatable bonds is 3. The lowest BCUT2D eigenvalue weighted by Gasteiger charge is -2.34. The van der Waals surface area contributed by atoms with Gasteiger partial charge in [-0.3, -0.25) is 0 Å². The van der Waals surface area contributed by atoms with E-state index in [1.165, 1.54) is 6.42 Å². The number of aromatic nitrogens is 2. The highest BCUT2D eigenvalue weighted by Crippen LogP contribution is 2.36. The highest BCUT2D eigenvalue weighted by Gasteiger charge is 2.37.